The van der Waals surface area contributed by atoms with Gasteiger partial charge in [0.05, 0.1) is 23.8 Å². The molecule has 0 N–H and O–H groups in total. The molecule has 0 saturated heterocycles. The molecular weight excluding hydrogens is 296 g/mol. The predicted molar refractivity (Wildman–Crippen MR) is 102 cm³/mol. The highest BCUT2D eigenvalue weighted by atomic mass is 15.1. The van der Waals surface area contributed by atoms with Crippen LogP contribution in [0.3, 0.4) is 0 Å². The lowest BCUT2D eigenvalue weighted by Crippen LogP contribution is -2.08. The third-order valence-corrected chi connectivity index (χ3v) is 4.01. The Morgan fingerprint density at radius 1 is 0.542 bits per heavy atom. The van der Waals surface area contributed by atoms with E-state index in [0.717, 1.165) is 22.5 Å². The number of rotatable bonds is 4. The fraction of sp³-hybridized carbons (Fsp3) is 0.200. The zero-order chi connectivity index (χ0) is 17.1. The molecule has 0 fully saturated rings. The van der Waals surface area contributed by atoms with Crippen LogP contribution in [0.2, 0.25) is 0 Å². The number of hydrogen-bond acceptors (Lipinski definition) is 4. The molecule has 24 heavy (non-hydrogen) atoms. The van der Waals surface area contributed by atoms with Gasteiger partial charge in [-0.25, -0.2) is 0 Å². The van der Waals surface area contributed by atoms with Crippen molar-refractivity contribution in [3.05, 3.63) is 60.9 Å². The van der Waals surface area contributed by atoms with Crippen molar-refractivity contribution in [2.45, 2.75) is 0 Å². The molecule has 122 valence electrons. The van der Waals surface area contributed by atoms with E-state index in [1.54, 1.807) is 0 Å². The normalized spacial score (nSPS) is 10.5. The van der Waals surface area contributed by atoms with Gasteiger partial charge in [-0.3, -0.25) is 9.97 Å². The van der Waals surface area contributed by atoms with Crippen LogP contribution in [0.5, 0.6) is 0 Å². The van der Waals surface area contributed by atoms with E-state index in [4.69, 9.17) is 0 Å². The van der Waals surface area contributed by atoms with Crippen LogP contribution in [0.25, 0.3) is 22.5 Å². The van der Waals surface area contributed by atoms with E-state index in [0.29, 0.717) is 0 Å². The highest BCUT2D eigenvalue weighted by Gasteiger charge is 2.04. The Labute approximate surface area is 143 Å². The standard InChI is InChI=1S/C20H22N4/c1-23(2)17-9-5-15(6-10-17)19-13-22-20(14-21-19)16-7-11-18(12-8-16)24(3)4/h5-14H,1-4H3. The molecule has 0 aliphatic carbocycles. The summed E-state index contributed by atoms with van der Waals surface area (Å²) in [7, 11) is 8.13. The summed E-state index contributed by atoms with van der Waals surface area (Å²) in [6.45, 7) is 0. The van der Waals surface area contributed by atoms with E-state index >= 15 is 0 Å². The van der Waals surface area contributed by atoms with Crippen LogP contribution in [0.1, 0.15) is 0 Å². The van der Waals surface area contributed by atoms with Crippen LogP contribution in [-0.4, -0.2) is 38.2 Å². The summed E-state index contributed by atoms with van der Waals surface area (Å²) >= 11 is 0. The minimum atomic E-state index is 0.883. The van der Waals surface area contributed by atoms with Crippen LogP contribution in [0, 0.1) is 0 Å². The van der Waals surface area contributed by atoms with Crippen LogP contribution in [0.4, 0.5) is 11.4 Å². The molecule has 4 heteroatoms. The number of nitrogens with zero attached hydrogens (tertiary/aromatic N) is 4. The molecular formula is C20H22N4. The SMILES string of the molecule is CN(C)c1ccc(-c2cnc(-c3ccc(N(C)C)cc3)cn2)cc1. The summed E-state index contributed by atoms with van der Waals surface area (Å²) in [6, 6.07) is 16.6. The molecule has 3 aromatic rings. The molecule has 0 atom stereocenters. The topological polar surface area (TPSA) is 32.3 Å². The Balaban J connectivity index is 1.82. The van der Waals surface area contributed by atoms with Gasteiger partial charge >= 0.3 is 0 Å². The molecule has 1 heterocycles. The number of aromatic nitrogens is 2. The first kappa shape index (κ1) is 16.0. The maximum Gasteiger partial charge on any atom is 0.0885 e. The Bertz CT molecular complexity index is 718. The second kappa shape index (κ2) is 6.71. The molecule has 0 unspecified atom stereocenters. The van der Waals surface area contributed by atoms with Gasteiger partial charge < -0.3 is 9.80 Å². The van der Waals surface area contributed by atoms with Crippen molar-refractivity contribution in [3.8, 4) is 22.5 Å². The van der Waals surface area contributed by atoms with Crippen LogP contribution in [-0.2, 0) is 0 Å². The average Bonchev–Trinajstić information content (AvgIpc) is 2.62. The largest absolute Gasteiger partial charge is 0.378 e. The second-order valence-electron chi connectivity index (χ2n) is 6.17. The third kappa shape index (κ3) is 3.38. The zero-order valence-electron chi connectivity index (χ0n) is 14.6. The molecule has 0 radical (unpaired) electrons. The minimum absolute atomic E-state index is 0.883. The van der Waals surface area contributed by atoms with Crippen molar-refractivity contribution in [1.82, 2.24) is 9.97 Å². The summed E-state index contributed by atoms with van der Waals surface area (Å²) in [5, 5.41) is 0. The van der Waals surface area contributed by atoms with Gasteiger partial charge in [0.1, 0.15) is 0 Å². The summed E-state index contributed by atoms with van der Waals surface area (Å²) in [6.07, 6.45) is 3.67. The van der Waals surface area contributed by atoms with Gasteiger partial charge in [0.25, 0.3) is 0 Å². The van der Waals surface area contributed by atoms with E-state index in [-0.39, 0.29) is 0 Å². The van der Waals surface area contributed by atoms with Crippen LogP contribution < -0.4 is 9.80 Å². The lowest BCUT2D eigenvalue weighted by atomic mass is 10.1. The third-order valence-electron chi connectivity index (χ3n) is 4.01. The van der Waals surface area contributed by atoms with E-state index in [9.17, 15) is 0 Å². The van der Waals surface area contributed by atoms with Crippen molar-refractivity contribution in [2.24, 2.45) is 0 Å². The molecule has 2 aromatic carbocycles. The fourth-order valence-corrected chi connectivity index (χ4v) is 2.49. The van der Waals surface area contributed by atoms with E-state index < -0.39 is 0 Å². The first-order chi connectivity index (χ1) is 11.5. The second-order valence-corrected chi connectivity index (χ2v) is 6.17. The molecule has 0 aliphatic rings. The number of benzene rings is 2. The Kier molecular flexibility index (Phi) is 4.47. The fourth-order valence-electron chi connectivity index (χ4n) is 2.49. The van der Waals surface area contributed by atoms with E-state index in [1.807, 2.05) is 40.6 Å². The smallest absolute Gasteiger partial charge is 0.0885 e. The number of hydrogen-bond donors (Lipinski definition) is 0. The predicted octanol–water partition coefficient (Wildman–Crippen LogP) is 3.94. The molecule has 0 aliphatic heterocycles. The van der Waals surface area contributed by atoms with E-state index in [2.05, 4.69) is 68.3 Å². The average molecular weight is 318 g/mol. The van der Waals surface area contributed by atoms with Crippen molar-refractivity contribution < 1.29 is 0 Å². The molecule has 4 nitrogen and oxygen atoms in total. The first-order valence-corrected chi connectivity index (χ1v) is 7.92. The van der Waals surface area contributed by atoms with Crippen molar-refractivity contribution in [3.63, 3.8) is 0 Å². The van der Waals surface area contributed by atoms with Crippen molar-refractivity contribution in [2.75, 3.05) is 38.0 Å². The van der Waals surface area contributed by atoms with Gasteiger partial charge in [-0.15, -0.1) is 0 Å². The lowest BCUT2D eigenvalue weighted by molar-refractivity contribution is 1.13. The van der Waals surface area contributed by atoms with Crippen LogP contribution >= 0.6 is 0 Å². The molecule has 1 aromatic heterocycles. The minimum Gasteiger partial charge on any atom is -0.378 e. The monoisotopic (exact) mass is 318 g/mol. The van der Waals surface area contributed by atoms with E-state index in [1.165, 1.54) is 11.4 Å². The maximum atomic E-state index is 4.57. The van der Waals surface area contributed by atoms with Gasteiger partial charge in [-0.1, -0.05) is 24.3 Å². The summed E-state index contributed by atoms with van der Waals surface area (Å²) in [4.78, 5) is 13.3. The van der Waals surface area contributed by atoms with Gasteiger partial charge in [-0.2, -0.15) is 0 Å². The zero-order valence-corrected chi connectivity index (χ0v) is 14.6. The number of anilines is 2. The molecule has 0 saturated carbocycles. The highest BCUT2D eigenvalue weighted by Crippen LogP contribution is 2.23. The van der Waals surface area contributed by atoms with Crippen LogP contribution in [0.15, 0.2) is 60.9 Å². The van der Waals surface area contributed by atoms with Gasteiger partial charge in [0.2, 0.25) is 0 Å². The summed E-state index contributed by atoms with van der Waals surface area (Å²) in [5.41, 5.74) is 6.25. The molecule has 3 rings (SSSR count). The lowest BCUT2D eigenvalue weighted by Gasteiger charge is -2.13. The Morgan fingerprint density at radius 3 is 1.12 bits per heavy atom. The molecule has 0 bridgehead atoms. The van der Waals surface area contributed by atoms with Crippen molar-refractivity contribution in [1.29, 1.82) is 0 Å². The molecule has 0 spiro atoms. The highest BCUT2D eigenvalue weighted by molar-refractivity contribution is 5.66. The quantitative estimate of drug-likeness (QED) is 0.729. The summed E-state index contributed by atoms with van der Waals surface area (Å²) < 4.78 is 0. The van der Waals surface area contributed by atoms with Gasteiger partial charge in [0.15, 0.2) is 0 Å². The van der Waals surface area contributed by atoms with Gasteiger partial charge in [-0.05, 0) is 24.3 Å². The Hall–Kier alpha value is -2.88. The first-order valence-electron chi connectivity index (χ1n) is 7.92. The van der Waals surface area contributed by atoms with Crippen molar-refractivity contribution >= 4 is 11.4 Å². The van der Waals surface area contributed by atoms with Gasteiger partial charge in [0, 0.05) is 50.7 Å². The summed E-state index contributed by atoms with van der Waals surface area (Å²) in [5.74, 6) is 0. The molecule has 0 amide bonds. The Morgan fingerprint density at radius 2 is 0.875 bits per heavy atom. The maximum absolute atomic E-state index is 4.57.